The van der Waals surface area contributed by atoms with Crippen LogP contribution in [0.5, 0.6) is 0 Å². The van der Waals surface area contributed by atoms with Crippen molar-refractivity contribution in [3.8, 4) is 5.69 Å². The first-order valence-corrected chi connectivity index (χ1v) is 7.44. The van der Waals surface area contributed by atoms with Crippen LogP contribution in [-0.4, -0.2) is 16.1 Å². The zero-order valence-corrected chi connectivity index (χ0v) is 13.0. The molecular weight excluding hydrogens is 246 g/mol. The van der Waals surface area contributed by atoms with Gasteiger partial charge in [0.25, 0.3) is 0 Å². The lowest BCUT2D eigenvalue weighted by Crippen LogP contribution is -2.19. The second-order valence-electron chi connectivity index (χ2n) is 5.71. The number of imidazole rings is 1. The lowest BCUT2D eigenvalue weighted by atomic mass is 10.1. The fourth-order valence-corrected chi connectivity index (χ4v) is 2.42. The minimum absolute atomic E-state index is 0.688. The molecule has 0 amide bonds. The van der Waals surface area contributed by atoms with Gasteiger partial charge >= 0.3 is 0 Å². The van der Waals surface area contributed by atoms with Gasteiger partial charge in [0.15, 0.2) is 0 Å². The van der Waals surface area contributed by atoms with Crippen LogP contribution in [0, 0.1) is 12.8 Å². The molecule has 1 aromatic heterocycles. The number of nitrogens with zero attached hydrogens (tertiary/aromatic N) is 2. The molecule has 1 aromatic carbocycles. The Morgan fingerprint density at radius 1 is 1.30 bits per heavy atom. The maximum Gasteiger partial charge on any atom is 0.112 e. The van der Waals surface area contributed by atoms with Gasteiger partial charge in [-0.15, -0.1) is 0 Å². The Labute approximate surface area is 122 Å². The lowest BCUT2D eigenvalue weighted by Gasteiger charge is -2.13. The second-order valence-corrected chi connectivity index (χ2v) is 5.71. The average Bonchev–Trinajstić information content (AvgIpc) is 2.86. The highest BCUT2D eigenvalue weighted by atomic mass is 15.1. The predicted octanol–water partition coefficient (Wildman–Crippen LogP) is 3.49. The Morgan fingerprint density at radius 3 is 2.75 bits per heavy atom. The highest BCUT2D eigenvalue weighted by molar-refractivity contribution is 5.43. The van der Waals surface area contributed by atoms with Crippen LogP contribution in [0.25, 0.3) is 5.69 Å². The van der Waals surface area contributed by atoms with E-state index in [1.54, 1.807) is 0 Å². The number of hydrogen-bond donors (Lipinski definition) is 1. The summed E-state index contributed by atoms with van der Waals surface area (Å²) in [5.74, 6) is 1.80. The summed E-state index contributed by atoms with van der Waals surface area (Å²) < 4.78 is 2.18. The molecule has 0 aliphatic heterocycles. The van der Waals surface area contributed by atoms with Gasteiger partial charge in [-0.3, -0.25) is 0 Å². The quantitative estimate of drug-likeness (QED) is 0.871. The van der Waals surface area contributed by atoms with Crippen molar-refractivity contribution >= 4 is 0 Å². The van der Waals surface area contributed by atoms with Crippen molar-refractivity contribution in [2.45, 2.75) is 40.7 Å². The molecule has 3 nitrogen and oxygen atoms in total. The lowest BCUT2D eigenvalue weighted by molar-refractivity contribution is 0.552. The zero-order chi connectivity index (χ0) is 14.5. The topological polar surface area (TPSA) is 29.9 Å². The van der Waals surface area contributed by atoms with Crippen LogP contribution in [0.4, 0.5) is 0 Å². The Hall–Kier alpha value is -1.61. The molecule has 0 spiro atoms. The predicted molar refractivity (Wildman–Crippen MR) is 84.2 cm³/mol. The van der Waals surface area contributed by atoms with Gasteiger partial charge in [0.2, 0.25) is 0 Å². The van der Waals surface area contributed by atoms with E-state index < -0.39 is 0 Å². The van der Waals surface area contributed by atoms with Gasteiger partial charge in [0.1, 0.15) is 5.82 Å². The van der Waals surface area contributed by atoms with E-state index in [4.69, 9.17) is 0 Å². The van der Waals surface area contributed by atoms with Crippen molar-refractivity contribution in [2.24, 2.45) is 5.92 Å². The van der Waals surface area contributed by atoms with Crippen LogP contribution in [0.3, 0.4) is 0 Å². The molecule has 2 aromatic rings. The van der Waals surface area contributed by atoms with Crippen molar-refractivity contribution < 1.29 is 0 Å². The van der Waals surface area contributed by atoms with Gasteiger partial charge in [0, 0.05) is 31.0 Å². The summed E-state index contributed by atoms with van der Waals surface area (Å²) in [4.78, 5) is 4.39. The maximum absolute atomic E-state index is 4.39. The Bertz CT molecular complexity index is 555. The number of nitrogens with one attached hydrogen (secondary N) is 1. The zero-order valence-electron chi connectivity index (χ0n) is 13.0. The normalized spacial score (nSPS) is 11.2. The second kappa shape index (κ2) is 6.71. The molecule has 0 unspecified atom stereocenters. The first-order chi connectivity index (χ1) is 9.61. The van der Waals surface area contributed by atoms with E-state index >= 15 is 0 Å². The van der Waals surface area contributed by atoms with Gasteiger partial charge in [-0.2, -0.15) is 0 Å². The molecule has 20 heavy (non-hydrogen) atoms. The molecule has 0 bridgehead atoms. The minimum atomic E-state index is 0.688. The molecule has 0 radical (unpaired) electrons. The van der Waals surface area contributed by atoms with Crippen molar-refractivity contribution in [2.75, 3.05) is 6.54 Å². The Balaban J connectivity index is 2.14. The molecule has 0 atom stereocenters. The molecule has 0 saturated heterocycles. The van der Waals surface area contributed by atoms with E-state index in [1.807, 2.05) is 12.4 Å². The summed E-state index contributed by atoms with van der Waals surface area (Å²) in [5.41, 5.74) is 3.86. The molecule has 2 rings (SSSR count). The summed E-state index contributed by atoms with van der Waals surface area (Å²) >= 11 is 0. The van der Waals surface area contributed by atoms with Crippen LogP contribution in [-0.2, 0) is 13.0 Å². The SMILES string of the molecule is CCc1nccn1-c1ccc(CNCC(C)C)cc1C. The molecule has 1 heterocycles. The number of rotatable bonds is 6. The van der Waals surface area contributed by atoms with Crippen LogP contribution in [0.2, 0.25) is 0 Å². The van der Waals surface area contributed by atoms with Crippen LogP contribution < -0.4 is 5.32 Å². The van der Waals surface area contributed by atoms with E-state index in [1.165, 1.54) is 16.8 Å². The molecule has 0 aliphatic carbocycles. The van der Waals surface area contributed by atoms with Crippen LogP contribution in [0.1, 0.15) is 37.7 Å². The van der Waals surface area contributed by atoms with Crippen molar-refractivity contribution in [1.29, 1.82) is 0 Å². The van der Waals surface area contributed by atoms with Crippen molar-refractivity contribution in [3.63, 3.8) is 0 Å². The molecule has 0 aliphatic rings. The summed E-state index contributed by atoms with van der Waals surface area (Å²) in [6.07, 6.45) is 4.86. The number of aromatic nitrogens is 2. The first-order valence-electron chi connectivity index (χ1n) is 7.44. The third-order valence-electron chi connectivity index (χ3n) is 3.44. The monoisotopic (exact) mass is 271 g/mol. The molecule has 3 heteroatoms. The van der Waals surface area contributed by atoms with Gasteiger partial charge in [0.05, 0.1) is 0 Å². The standard InChI is InChI=1S/C17H25N3/c1-5-17-19-8-9-20(17)16-7-6-15(10-14(16)4)12-18-11-13(2)3/h6-10,13,18H,5,11-12H2,1-4H3. The average molecular weight is 271 g/mol. The van der Waals surface area contributed by atoms with E-state index in [-0.39, 0.29) is 0 Å². The number of benzene rings is 1. The number of hydrogen-bond acceptors (Lipinski definition) is 2. The molecular formula is C17H25N3. The first kappa shape index (κ1) is 14.8. The fourth-order valence-electron chi connectivity index (χ4n) is 2.42. The van der Waals surface area contributed by atoms with E-state index in [0.717, 1.165) is 25.3 Å². The largest absolute Gasteiger partial charge is 0.312 e. The van der Waals surface area contributed by atoms with Gasteiger partial charge in [-0.25, -0.2) is 4.98 Å². The minimum Gasteiger partial charge on any atom is -0.312 e. The summed E-state index contributed by atoms with van der Waals surface area (Å²) in [5, 5.41) is 3.49. The summed E-state index contributed by atoms with van der Waals surface area (Å²) in [6.45, 7) is 10.8. The molecule has 108 valence electrons. The fraction of sp³-hybridized carbons (Fsp3) is 0.471. The Morgan fingerprint density at radius 2 is 2.10 bits per heavy atom. The highest BCUT2D eigenvalue weighted by Crippen LogP contribution is 2.18. The highest BCUT2D eigenvalue weighted by Gasteiger charge is 2.06. The van der Waals surface area contributed by atoms with Crippen molar-refractivity contribution in [1.82, 2.24) is 14.9 Å². The Kier molecular flexibility index (Phi) is 4.96. The van der Waals surface area contributed by atoms with E-state index in [2.05, 4.69) is 60.8 Å². The smallest absolute Gasteiger partial charge is 0.112 e. The summed E-state index contributed by atoms with van der Waals surface area (Å²) in [6, 6.07) is 6.67. The summed E-state index contributed by atoms with van der Waals surface area (Å²) in [7, 11) is 0. The van der Waals surface area contributed by atoms with E-state index in [0.29, 0.717) is 5.92 Å². The third kappa shape index (κ3) is 3.48. The van der Waals surface area contributed by atoms with Crippen LogP contribution in [0.15, 0.2) is 30.6 Å². The van der Waals surface area contributed by atoms with Gasteiger partial charge in [-0.05, 0) is 36.6 Å². The molecule has 1 N–H and O–H groups in total. The van der Waals surface area contributed by atoms with Gasteiger partial charge < -0.3 is 9.88 Å². The van der Waals surface area contributed by atoms with Crippen LogP contribution >= 0.6 is 0 Å². The number of aryl methyl sites for hydroxylation is 2. The molecule has 0 fully saturated rings. The van der Waals surface area contributed by atoms with Gasteiger partial charge in [-0.1, -0.05) is 32.9 Å². The third-order valence-corrected chi connectivity index (χ3v) is 3.44. The maximum atomic E-state index is 4.39. The van der Waals surface area contributed by atoms with E-state index in [9.17, 15) is 0 Å². The van der Waals surface area contributed by atoms with Crippen molar-refractivity contribution in [3.05, 3.63) is 47.5 Å². The molecule has 0 saturated carbocycles.